The van der Waals surface area contributed by atoms with E-state index in [9.17, 15) is 0 Å². The summed E-state index contributed by atoms with van der Waals surface area (Å²) in [5.41, 5.74) is 5.11. The van der Waals surface area contributed by atoms with Gasteiger partial charge in [-0.1, -0.05) is 0 Å². The molecule has 42 valence electrons. The fourth-order valence-corrected chi connectivity index (χ4v) is 0.371. The molecule has 0 aromatic heterocycles. The van der Waals surface area contributed by atoms with Crippen molar-refractivity contribution < 1.29 is 5.11 Å². The van der Waals surface area contributed by atoms with Crippen LogP contribution in [0, 0.1) is 6.61 Å². The zero-order chi connectivity index (χ0) is 5.70. The van der Waals surface area contributed by atoms with E-state index in [4.69, 9.17) is 10.8 Å². The standard InChI is InChI=1S/C4H9NOS/c5-2-1-4(7)3-6/h4,6-7H,1-2,5H2. The van der Waals surface area contributed by atoms with Crippen molar-refractivity contribution in [1.29, 1.82) is 0 Å². The van der Waals surface area contributed by atoms with Crippen molar-refractivity contribution >= 4 is 12.6 Å². The van der Waals surface area contributed by atoms with E-state index < -0.39 is 0 Å². The van der Waals surface area contributed by atoms with Gasteiger partial charge in [0, 0.05) is 5.25 Å². The molecule has 0 saturated carbocycles. The molecule has 2 nitrogen and oxygen atoms in total. The molecule has 0 bridgehead atoms. The van der Waals surface area contributed by atoms with Crippen molar-refractivity contribution in [2.24, 2.45) is 5.73 Å². The Morgan fingerprint density at radius 3 is 2.57 bits per heavy atom. The molecule has 0 spiro atoms. The molecule has 0 aromatic rings. The first-order valence-corrected chi connectivity index (χ1v) is 2.60. The van der Waals surface area contributed by atoms with Crippen LogP contribution in [0.5, 0.6) is 0 Å². The minimum absolute atomic E-state index is 0.176. The molecule has 2 radical (unpaired) electrons. The maximum atomic E-state index is 8.08. The first-order valence-electron chi connectivity index (χ1n) is 2.09. The van der Waals surface area contributed by atoms with E-state index in [0.717, 1.165) is 0 Å². The number of rotatable bonds is 3. The third-order valence-corrected chi connectivity index (χ3v) is 0.963. The average molecular weight is 119 g/mol. The van der Waals surface area contributed by atoms with Gasteiger partial charge in [-0.3, -0.25) is 0 Å². The van der Waals surface area contributed by atoms with E-state index in [-0.39, 0.29) is 5.25 Å². The summed E-state index contributed by atoms with van der Waals surface area (Å²) in [6.07, 6.45) is 0.680. The van der Waals surface area contributed by atoms with Crippen LogP contribution in [0.4, 0.5) is 0 Å². The minimum Gasteiger partial charge on any atom is -0.382 e. The molecule has 1 unspecified atom stereocenters. The SMILES string of the molecule is NCCC(S)[C]O. The highest BCUT2D eigenvalue weighted by molar-refractivity contribution is 7.81. The highest BCUT2D eigenvalue weighted by Gasteiger charge is 1.97. The Bertz CT molecular complexity index is 42.7. The van der Waals surface area contributed by atoms with Crippen molar-refractivity contribution in [3.05, 3.63) is 6.61 Å². The number of hydrogen-bond acceptors (Lipinski definition) is 3. The molecule has 3 heteroatoms. The summed E-state index contributed by atoms with van der Waals surface area (Å²) in [4.78, 5) is 0. The first kappa shape index (κ1) is 7.27. The smallest absolute Gasteiger partial charge is 0.141 e. The summed E-state index contributed by atoms with van der Waals surface area (Å²) in [6.45, 7) is 2.49. The second-order valence-electron chi connectivity index (χ2n) is 1.22. The molecule has 0 saturated heterocycles. The van der Waals surface area contributed by atoms with E-state index in [1.54, 1.807) is 0 Å². The maximum Gasteiger partial charge on any atom is 0.141 e. The van der Waals surface area contributed by atoms with Gasteiger partial charge in [0.2, 0.25) is 0 Å². The Labute approximate surface area is 49.1 Å². The van der Waals surface area contributed by atoms with Gasteiger partial charge in [0.05, 0.1) is 0 Å². The summed E-state index contributed by atoms with van der Waals surface area (Å²) >= 11 is 3.87. The quantitative estimate of drug-likeness (QED) is 0.459. The van der Waals surface area contributed by atoms with Crippen LogP contribution in [-0.4, -0.2) is 16.9 Å². The Kier molecular flexibility index (Phi) is 4.60. The summed E-state index contributed by atoms with van der Waals surface area (Å²) < 4.78 is 0. The number of nitrogens with two attached hydrogens (primary N) is 1. The molecule has 0 heterocycles. The molecule has 0 aromatic carbocycles. The summed E-state index contributed by atoms with van der Waals surface area (Å²) in [6, 6.07) is 0. The highest BCUT2D eigenvalue weighted by Crippen LogP contribution is 1.99. The van der Waals surface area contributed by atoms with Crippen molar-refractivity contribution in [2.45, 2.75) is 11.7 Å². The van der Waals surface area contributed by atoms with Crippen LogP contribution >= 0.6 is 12.6 Å². The van der Waals surface area contributed by atoms with Crippen molar-refractivity contribution in [2.75, 3.05) is 6.54 Å². The van der Waals surface area contributed by atoms with Gasteiger partial charge in [0.25, 0.3) is 0 Å². The van der Waals surface area contributed by atoms with E-state index in [2.05, 4.69) is 12.6 Å². The highest BCUT2D eigenvalue weighted by atomic mass is 32.1. The van der Waals surface area contributed by atoms with Gasteiger partial charge in [0.15, 0.2) is 0 Å². The molecule has 0 fully saturated rings. The van der Waals surface area contributed by atoms with Gasteiger partial charge in [-0.05, 0) is 13.0 Å². The maximum absolute atomic E-state index is 8.08. The normalized spacial score (nSPS) is 14.1. The predicted octanol–water partition coefficient (Wildman–Crippen LogP) is 0.0449. The number of aliphatic hydroxyl groups is 1. The van der Waals surface area contributed by atoms with Crippen molar-refractivity contribution in [3.63, 3.8) is 0 Å². The molecule has 7 heavy (non-hydrogen) atoms. The average Bonchev–Trinajstić information content (AvgIpc) is 1.68. The van der Waals surface area contributed by atoms with Gasteiger partial charge in [0.1, 0.15) is 6.61 Å². The number of aliphatic hydroxyl groups excluding tert-OH is 1. The third-order valence-electron chi connectivity index (χ3n) is 0.589. The van der Waals surface area contributed by atoms with Crippen LogP contribution in [0.1, 0.15) is 6.42 Å². The lowest BCUT2D eigenvalue weighted by Gasteiger charge is -1.99. The predicted molar refractivity (Wildman–Crippen MR) is 31.6 cm³/mol. The molecule has 1 atom stereocenters. The van der Waals surface area contributed by atoms with Crippen LogP contribution in [0.15, 0.2) is 0 Å². The molecule has 0 amide bonds. The van der Waals surface area contributed by atoms with Gasteiger partial charge in [-0.25, -0.2) is 0 Å². The van der Waals surface area contributed by atoms with Crippen molar-refractivity contribution in [3.8, 4) is 0 Å². The molecule has 0 aliphatic heterocycles. The Hall–Kier alpha value is 0.270. The lowest BCUT2D eigenvalue weighted by Crippen LogP contribution is -2.07. The fraction of sp³-hybridized carbons (Fsp3) is 0.750. The zero-order valence-electron chi connectivity index (χ0n) is 3.96. The van der Waals surface area contributed by atoms with Gasteiger partial charge >= 0.3 is 0 Å². The van der Waals surface area contributed by atoms with Crippen LogP contribution in [-0.2, 0) is 0 Å². The molecule has 0 aliphatic carbocycles. The molecule has 0 aliphatic rings. The van der Waals surface area contributed by atoms with Crippen LogP contribution in [0.25, 0.3) is 0 Å². The number of thiol groups is 1. The van der Waals surface area contributed by atoms with E-state index >= 15 is 0 Å². The first-order chi connectivity index (χ1) is 3.31. The fourth-order valence-electron chi connectivity index (χ4n) is 0.222. The minimum atomic E-state index is -0.176. The van der Waals surface area contributed by atoms with Crippen LogP contribution < -0.4 is 5.73 Å². The van der Waals surface area contributed by atoms with E-state index in [1.807, 2.05) is 6.61 Å². The third kappa shape index (κ3) is 4.12. The molecular weight excluding hydrogens is 110 g/mol. The van der Waals surface area contributed by atoms with Gasteiger partial charge < -0.3 is 10.8 Å². The van der Waals surface area contributed by atoms with E-state index in [1.165, 1.54) is 0 Å². The van der Waals surface area contributed by atoms with Gasteiger partial charge in [-0.2, -0.15) is 12.6 Å². The largest absolute Gasteiger partial charge is 0.382 e. The summed E-state index contributed by atoms with van der Waals surface area (Å²) in [5.74, 6) is 0. The Morgan fingerprint density at radius 1 is 1.86 bits per heavy atom. The monoisotopic (exact) mass is 119 g/mol. The van der Waals surface area contributed by atoms with E-state index in [0.29, 0.717) is 13.0 Å². The zero-order valence-corrected chi connectivity index (χ0v) is 4.86. The lowest BCUT2D eigenvalue weighted by molar-refractivity contribution is 0.377. The molecule has 0 rings (SSSR count). The lowest BCUT2D eigenvalue weighted by atomic mass is 10.3. The van der Waals surface area contributed by atoms with Gasteiger partial charge in [-0.15, -0.1) is 0 Å². The van der Waals surface area contributed by atoms with Crippen LogP contribution in [0.2, 0.25) is 0 Å². The van der Waals surface area contributed by atoms with Crippen molar-refractivity contribution in [1.82, 2.24) is 0 Å². The van der Waals surface area contributed by atoms with Crippen LogP contribution in [0.3, 0.4) is 0 Å². The number of hydrogen-bond donors (Lipinski definition) is 3. The second kappa shape index (κ2) is 4.43. The Balaban J connectivity index is 2.83. The second-order valence-corrected chi connectivity index (χ2v) is 1.85. The molecular formula is C4H9NOS. The molecule has 3 N–H and O–H groups in total. The summed E-state index contributed by atoms with van der Waals surface area (Å²) in [5, 5.41) is 7.91. The Morgan fingerprint density at radius 2 is 2.43 bits per heavy atom. The topological polar surface area (TPSA) is 46.2 Å². The summed E-state index contributed by atoms with van der Waals surface area (Å²) in [7, 11) is 0.